The lowest BCUT2D eigenvalue weighted by Crippen LogP contribution is -1.98. The van der Waals surface area contributed by atoms with Crippen LogP contribution in [0.25, 0.3) is 0 Å². The van der Waals surface area contributed by atoms with Crippen LogP contribution in [-0.4, -0.2) is 16.1 Å². The van der Waals surface area contributed by atoms with Crippen LogP contribution in [0.5, 0.6) is 11.6 Å². The summed E-state index contributed by atoms with van der Waals surface area (Å²) in [6.45, 7) is 3.52. The van der Waals surface area contributed by atoms with Crippen LogP contribution in [0.15, 0.2) is 18.2 Å². The number of rotatable bonds is 3. The Bertz CT molecular complexity index is 605. The fourth-order valence-electron chi connectivity index (χ4n) is 1.70. The number of aromatic nitrogens is 2. The number of carbonyl (C=O) groups excluding carboxylic acids is 1. The lowest BCUT2D eigenvalue weighted by atomic mass is 10.2. The summed E-state index contributed by atoms with van der Waals surface area (Å²) in [5.41, 5.74) is 1.74. The zero-order chi connectivity index (χ0) is 13.3. The molecule has 1 aromatic carbocycles. The topological polar surface area (TPSA) is 44.1 Å². The normalized spacial score (nSPS) is 10.4. The molecule has 0 atom stereocenters. The standard InChI is InChI=1S/C13H13FN2O2/c1-8-4-5-10(14)6-12(8)18-13-11(7-17)9(2)15-16(13)3/h4-7H,1-3H3. The Morgan fingerprint density at radius 2 is 2.11 bits per heavy atom. The molecule has 1 aromatic heterocycles. The van der Waals surface area contributed by atoms with Gasteiger partial charge in [0.15, 0.2) is 6.29 Å². The molecule has 1 heterocycles. The molecule has 0 aliphatic heterocycles. The van der Waals surface area contributed by atoms with Gasteiger partial charge in [-0.2, -0.15) is 5.10 Å². The molecule has 0 aliphatic rings. The minimum absolute atomic E-state index is 0.316. The van der Waals surface area contributed by atoms with E-state index in [-0.39, 0.29) is 5.82 Å². The Morgan fingerprint density at radius 1 is 1.39 bits per heavy atom. The first-order valence-electron chi connectivity index (χ1n) is 5.45. The Kier molecular flexibility index (Phi) is 3.14. The molecule has 94 valence electrons. The second-order valence-corrected chi connectivity index (χ2v) is 4.06. The highest BCUT2D eigenvalue weighted by Gasteiger charge is 2.15. The van der Waals surface area contributed by atoms with E-state index in [1.807, 2.05) is 0 Å². The van der Waals surface area contributed by atoms with Crippen LogP contribution in [0.4, 0.5) is 4.39 Å². The maximum Gasteiger partial charge on any atom is 0.228 e. The van der Waals surface area contributed by atoms with Gasteiger partial charge in [0.25, 0.3) is 0 Å². The minimum atomic E-state index is -0.387. The first kappa shape index (κ1) is 12.3. The van der Waals surface area contributed by atoms with E-state index in [4.69, 9.17) is 4.74 Å². The van der Waals surface area contributed by atoms with Crippen LogP contribution in [0.2, 0.25) is 0 Å². The van der Waals surface area contributed by atoms with E-state index in [0.29, 0.717) is 29.2 Å². The molecule has 2 rings (SSSR count). The highest BCUT2D eigenvalue weighted by atomic mass is 19.1. The SMILES string of the molecule is Cc1ccc(F)cc1Oc1c(C=O)c(C)nn1C. The molecule has 4 nitrogen and oxygen atoms in total. The predicted octanol–water partition coefficient (Wildman–Crippen LogP) is 2.78. The van der Waals surface area contributed by atoms with Gasteiger partial charge in [-0.1, -0.05) is 6.07 Å². The molecule has 0 spiro atoms. The molecule has 0 aliphatic carbocycles. The van der Waals surface area contributed by atoms with Gasteiger partial charge in [0.1, 0.15) is 11.6 Å². The molecule has 0 saturated heterocycles. The number of ether oxygens (including phenoxy) is 1. The Balaban J connectivity index is 2.45. The molecule has 2 aromatic rings. The third kappa shape index (κ3) is 2.11. The van der Waals surface area contributed by atoms with Gasteiger partial charge >= 0.3 is 0 Å². The molecule has 5 heteroatoms. The monoisotopic (exact) mass is 248 g/mol. The number of hydrogen-bond donors (Lipinski definition) is 0. The Morgan fingerprint density at radius 3 is 2.78 bits per heavy atom. The summed E-state index contributed by atoms with van der Waals surface area (Å²) >= 11 is 0. The van der Waals surface area contributed by atoms with E-state index in [1.54, 1.807) is 27.0 Å². The van der Waals surface area contributed by atoms with E-state index in [0.717, 1.165) is 5.56 Å². The summed E-state index contributed by atoms with van der Waals surface area (Å²) in [7, 11) is 1.67. The summed E-state index contributed by atoms with van der Waals surface area (Å²) in [6, 6.07) is 4.26. The van der Waals surface area contributed by atoms with Gasteiger partial charge in [-0.3, -0.25) is 4.79 Å². The number of nitrogens with zero attached hydrogens (tertiary/aromatic N) is 2. The fraction of sp³-hybridized carbons (Fsp3) is 0.231. The molecule has 0 unspecified atom stereocenters. The highest BCUT2D eigenvalue weighted by Crippen LogP contribution is 2.28. The quantitative estimate of drug-likeness (QED) is 0.784. The molecule has 0 bridgehead atoms. The molecule has 18 heavy (non-hydrogen) atoms. The number of halogens is 1. The van der Waals surface area contributed by atoms with E-state index >= 15 is 0 Å². The lowest BCUT2D eigenvalue weighted by molar-refractivity contribution is 0.112. The molecule has 0 amide bonds. The van der Waals surface area contributed by atoms with Crippen LogP contribution in [0.1, 0.15) is 21.6 Å². The number of aryl methyl sites for hydroxylation is 3. The van der Waals surface area contributed by atoms with Crippen molar-refractivity contribution in [3.05, 3.63) is 40.8 Å². The minimum Gasteiger partial charge on any atom is -0.438 e. The van der Waals surface area contributed by atoms with Crippen molar-refractivity contribution in [2.75, 3.05) is 0 Å². The molecule has 0 N–H and O–H groups in total. The largest absolute Gasteiger partial charge is 0.438 e. The maximum absolute atomic E-state index is 13.2. The molecular weight excluding hydrogens is 235 g/mol. The van der Waals surface area contributed by atoms with Gasteiger partial charge in [0, 0.05) is 13.1 Å². The van der Waals surface area contributed by atoms with Crippen LogP contribution in [0, 0.1) is 19.7 Å². The smallest absolute Gasteiger partial charge is 0.228 e. The third-order valence-electron chi connectivity index (χ3n) is 2.69. The van der Waals surface area contributed by atoms with Crippen molar-refractivity contribution < 1.29 is 13.9 Å². The highest BCUT2D eigenvalue weighted by molar-refractivity contribution is 5.80. The summed E-state index contributed by atoms with van der Waals surface area (Å²) in [4.78, 5) is 11.0. The van der Waals surface area contributed by atoms with Gasteiger partial charge in [-0.15, -0.1) is 0 Å². The number of hydrogen-bond acceptors (Lipinski definition) is 3. The van der Waals surface area contributed by atoms with Crippen molar-refractivity contribution in [3.8, 4) is 11.6 Å². The second-order valence-electron chi connectivity index (χ2n) is 4.06. The lowest BCUT2D eigenvalue weighted by Gasteiger charge is -2.09. The number of benzene rings is 1. The van der Waals surface area contributed by atoms with Crippen molar-refractivity contribution >= 4 is 6.29 Å². The maximum atomic E-state index is 13.2. The third-order valence-corrected chi connectivity index (χ3v) is 2.69. The van der Waals surface area contributed by atoms with Gasteiger partial charge in [0.05, 0.1) is 11.3 Å². The second kappa shape index (κ2) is 4.60. The first-order valence-corrected chi connectivity index (χ1v) is 5.45. The van der Waals surface area contributed by atoms with Crippen molar-refractivity contribution in [1.82, 2.24) is 9.78 Å². The van der Waals surface area contributed by atoms with Gasteiger partial charge in [0.2, 0.25) is 5.88 Å². The Labute approximate surface area is 104 Å². The van der Waals surface area contributed by atoms with Crippen LogP contribution in [0.3, 0.4) is 0 Å². The Hall–Kier alpha value is -2.17. The predicted molar refractivity (Wildman–Crippen MR) is 64.5 cm³/mol. The van der Waals surface area contributed by atoms with E-state index in [2.05, 4.69) is 5.10 Å². The average molecular weight is 248 g/mol. The van der Waals surface area contributed by atoms with E-state index in [1.165, 1.54) is 16.8 Å². The summed E-state index contributed by atoms with van der Waals surface area (Å²) < 4.78 is 20.2. The van der Waals surface area contributed by atoms with E-state index in [9.17, 15) is 9.18 Å². The van der Waals surface area contributed by atoms with Crippen molar-refractivity contribution in [1.29, 1.82) is 0 Å². The van der Waals surface area contributed by atoms with Crippen molar-refractivity contribution in [2.24, 2.45) is 7.05 Å². The van der Waals surface area contributed by atoms with Crippen LogP contribution in [-0.2, 0) is 7.05 Å². The summed E-state index contributed by atoms with van der Waals surface area (Å²) in [5.74, 6) is 0.305. The van der Waals surface area contributed by atoms with Crippen molar-refractivity contribution in [3.63, 3.8) is 0 Å². The summed E-state index contributed by atoms with van der Waals surface area (Å²) in [6.07, 6.45) is 0.687. The van der Waals surface area contributed by atoms with Gasteiger partial charge in [-0.05, 0) is 25.5 Å². The van der Waals surface area contributed by atoms with Gasteiger partial charge in [-0.25, -0.2) is 9.07 Å². The fourth-order valence-corrected chi connectivity index (χ4v) is 1.70. The van der Waals surface area contributed by atoms with Gasteiger partial charge < -0.3 is 4.74 Å². The van der Waals surface area contributed by atoms with Crippen LogP contribution < -0.4 is 4.74 Å². The van der Waals surface area contributed by atoms with Crippen molar-refractivity contribution in [2.45, 2.75) is 13.8 Å². The molecule has 0 fully saturated rings. The zero-order valence-electron chi connectivity index (χ0n) is 10.4. The molecule has 0 radical (unpaired) electrons. The number of aldehydes is 1. The zero-order valence-corrected chi connectivity index (χ0v) is 10.4. The van der Waals surface area contributed by atoms with Crippen LogP contribution >= 0.6 is 0 Å². The first-order chi connectivity index (χ1) is 8.52. The average Bonchev–Trinajstić information content (AvgIpc) is 2.58. The molecule has 0 saturated carbocycles. The van der Waals surface area contributed by atoms with E-state index < -0.39 is 0 Å². The molecular formula is C13H13FN2O2. The summed E-state index contributed by atoms with van der Waals surface area (Å²) in [5, 5.41) is 4.10. The number of carbonyl (C=O) groups is 1.